The average Bonchev–Trinajstić information content (AvgIpc) is 2.78. The molecule has 1 saturated carbocycles. The van der Waals surface area contributed by atoms with E-state index in [2.05, 4.69) is 21.4 Å². The zero-order chi connectivity index (χ0) is 11.7. The highest BCUT2D eigenvalue weighted by molar-refractivity contribution is 7.16. The zero-order valence-corrected chi connectivity index (χ0v) is 10.5. The second-order valence-electron chi connectivity index (χ2n) is 4.55. The van der Waals surface area contributed by atoms with Crippen LogP contribution in [0.4, 0.5) is 11.8 Å². The number of anilines is 2. The Kier molecular flexibility index (Phi) is 2.84. The number of fused-ring (bicyclic) bond motifs is 1. The van der Waals surface area contributed by atoms with Gasteiger partial charge in [0.25, 0.3) is 0 Å². The van der Waals surface area contributed by atoms with Crippen LogP contribution in [0.2, 0.25) is 0 Å². The molecule has 1 aliphatic rings. The Hall–Kier alpha value is -1.36. The second-order valence-corrected chi connectivity index (χ2v) is 5.44. The monoisotopic (exact) mass is 248 g/mol. The SMILES string of the molecule is Nc1nc(NC2CCCCC2)c2ccsc2n1. The average molecular weight is 248 g/mol. The summed E-state index contributed by atoms with van der Waals surface area (Å²) < 4.78 is 0. The summed E-state index contributed by atoms with van der Waals surface area (Å²) in [7, 11) is 0. The highest BCUT2D eigenvalue weighted by Gasteiger charge is 2.15. The molecule has 2 aromatic rings. The maximum absolute atomic E-state index is 5.73. The van der Waals surface area contributed by atoms with E-state index in [-0.39, 0.29) is 0 Å². The van der Waals surface area contributed by atoms with Crippen LogP contribution in [0.25, 0.3) is 10.2 Å². The number of nitrogens with two attached hydrogens (primary N) is 1. The molecule has 0 aliphatic heterocycles. The third kappa shape index (κ3) is 2.20. The third-order valence-corrected chi connectivity index (χ3v) is 4.09. The zero-order valence-electron chi connectivity index (χ0n) is 9.65. The summed E-state index contributed by atoms with van der Waals surface area (Å²) in [5.74, 6) is 1.26. The molecule has 90 valence electrons. The quantitative estimate of drug-likeness (QED) is 0.857. The van der Waals surface area contributed by atoms with Gasteiger partial charge in [-0.25, -0.2) is 4.98 Å². The normalized spacial score (nSPS) is 17.4. The summed E-state index contributed by atoms with van der Waals surface area (Å²) in [4.78, 5) is 9.53. The molecule has 17 heavy (non-hydrogen) atoms. The molecule has 0 atom stereocenters. The summed E-state index contributed by atoms with van der Waals surface area (Å²) in [6, 6.07) is 2.60. The molecule has 0 bridgehead atoms. The van der Waals surface area contributed by atoms with E-state index in [9.17, 15) is 0 Å². The smallest absolute Gasteiger partial charge is 0.223 e. The summed E-state index contributed by atoms with van der Waals surface area (Å²) >= 11 is 1.61. The van der Waals surface area contributed by atoms with Crippen molar-refractivity contribution in [3.8, 4) is 0 Å². The number of rotatable bonds is 2. The van der Waals surface area contributed by atoms with Crippen LogP contribution in [0, 0.1) is 0 Å². The first-order valence-corrected chi connectivity index (χ1v) is 6.98. The first-order chi connectivity index (χ1) is 8.33. The lowest BCUT2D eigenvalue weighted by atomic mass is 9.95. The lowest BCUT2D eigenvalue weighted by Gasteiger charge is -2.23. The largest absolute Gasteiger partial charge is 0.368 e. The summed E-state index contributed by atoms with van der Waals surface area (Å²) in [6.45, 7) is 0. The van der Waals surface area contributed by atoms with Crippen molar-refractivity contribution in [1.82, 2.24) is 9.97 Å². The van der Waals surface area contributed by atoms with Crippen LogP contribution in [0.5, 0.6) is 0 Å². The van der Waals surface area contributed by atoms with Crippen LogP contribution >= 0.6 is 11.3 Å². The molecule has 0 spiro atoms. The number of thiophene rings is 1. The minimum Gasteiger partial charge on any atom is -0.368 e. The van der Waals surface area contributed by atoms with Crippen molar-refractivity contribution in [2.45, 2.75) is 38.1 Å². The first kappa shape index (κ1) is 10.8. The van der Waals surface area contributed by atoms with Gasteiger partial charge in [0.05, 0.1) is 5.39 Å². The fourth-order valence-corrected chi connectivity index (χ4v) is 3.19. The number of hydrogen-bond donors (Lipinski definition) is 2. The summed E-state index contributed by atoms with van der Waals surface area (Å²) in [5, 5.41) is 6.65. The van der Waals surface area contributed by atoms with Gasteiger partial charge >= 0.3 is 0 Å². The maximum atomic E-state index is 5.73. The van der Waals surface area contributed by atoms with Gasteiger partial charge in [0.1, 0.15) is 10.6 Å². The Bertz CT molecular complexity index is 516. The molecule has 0 aromatic carbocycles. The summed E-state index contributed by atoms with van der Waals surface area (Å²) in [5.41, 5.74) is 5.73. The fraction of sp³-hybridized carbons (Fsp3) is 0.500. The van der Waals surface area contributed by atoms with Gasteiger partial charge in [-0.15, -0.1) is 11.3 Å². The lowest BCUT2D eigenvalue weighted by molar-refractivity contribution is 0.462. The Morgan fingerprint density at radius 1 is 1.24 bits per heavy atom. The third-order valence-electron chi connectivity index (χ3n) is 3.29. The van der Waals surface area contributed by atoms with Crippen LogP contribution in [0.15, 0.2) is 11.4 Å². The minimum absolute atomic E-state index is 0.359. The fourth-order valence-electron chi connectivity index (χ4n) is 2.42. The predicted molar refractivity (Wildman–Crippen MR) is 72.3 cm³/mol. The van der Waals surface area contributed by atoms with Crippen molar-refractivity contribution in [1.29, 1.82) is 0 Å². The van der Waals surface area contributed by atoms with Crippen LogP contribution in [-0.4, -0.2) is 16.0 Å². The molecule has 0 saturated heterocycles. The molecule has 0 radical (unpaired) electrons. The molecule has 2 aromatic heterocycles. The lowest BCUT2D eigenvalue weighted by Crippen LogP contribution is -2.23. The van der Waals surface area contributed by atoms with Gasteiger partial charge in [0.2, 0.25) is 5.95 Å². The van der Waals surface area contributed by atoms with Crippen LogP contribution in [0.1, 0.15) is 32.1 Å². The van der Waals surface area contributed by atoms with Gasteiger partial charge in [-0.3, -0.25) is 0 Å². The molecule has 0 amide bonds. The van der Waals surface area contributed by atoms with Gasteiger partial charge in [-0.1, -0.05) is 19.3 Å². The molecule has 4 nitrogen and oxygen atoms in total. The standard InChI is InChI=1S/C12H16N4S/c13-12-15-10(9-6-7-17-11(9)16-12)14-8-4-2-1-3-5-8/h6-8H,1-5H2,(H3,13,14,15,16). The minimum atomic E-state index is 0.359. The van der Waals surface area contributed by atoms with Crippen LogP contribution < -0.4 is 11.1 Å². The number of nitrogen functional groups attached to an aromatic ring is 1. The van der Waals surface area contributed by atoms with Crippen LogP contribution in [-0.2, 0) is 0 Å². The van der Waals surface area contributed by atoms with Gasteiger partial charge < -0.3 is 11.1 Å². The van der Waals surface area contributed by atoms with E-state index in [0.29, 0.717) is 12.0 Å². The Balaban J connectivity index is 1.90. The van der Waals surface area contributed by atoms with E-state index >= 15 is 0 Å². The number of hydrogen-bond acceptors (Lipinski definition) is 5. The van der Waals surface area contributed by atoms with Crippen molar-refractivity contribution < 1.29 is 0 Å². The predicted octanol–water partition coefficient (Wildman–Crippen LogP) is 3.02. The Morgan fingerprint density at radius 3 is 2.88 bits per heavy atom. The molecule has 0 unspecified atom stereocenters. The first-order valence-electron chi connectivity index (χ1n) is 6.10. The Morgan fingerprint density at radius 2 is 2.06 bits per heavy atom. The van der Waals surface area contributed by atoms with Gasteiger partial charge in [0, 0.05) is 6.04 Å². The summed E-state index contributed by atoms with van der Waals surface area (Å²) in [6.07, 6.45) is 6.44. The van der Waals surface area contributed by atoms with Crippen molar-refractivity contribution >= 4 is 33.3 Å². The molecule has 2 heterocycles. The number of nitrogens with zero attached hydrogens (tertiary/aromatic N) is 2. The van der Waals surface area contributed by atoms with E-state index in [0.717, 1.165) is 16.0 Å². The molecule has 1 aliphatic carbocycles. The molecular formula is C12H16N4S. The Labute approximate surface area is 104 Å². The molecular weight excluding hydrogens is 232 g/mol. The number of aromatic nitrogens is 2. The van der Waals surface area contributed by atoms with Gasteiger partial charge in [0.15, 0.2) is 0 Å². The molecule has 3 N–H and O–H groups in total. The van der Waals surface area contributed by atoms with Crippen molar-refractivity contribution in [3.05, 3.63) is 11.4 Å². The molecule has 1 fully saturated rings. The van der Waals surface area contributed by atoms with Gasteiger partial charge in [-0.2, -0.15) is 4.98 Å². The van der Waals surface area contributed by atoms with E-state index in [4.69, 9.17) is 5.73 Å². The van der Waals surface area contributed by atoms with Crippen molar-refractivity contribution in [3.63, 3.8) is 0 Å². The van der Waals surface area contributed by atoms with Crippen molar-refractivity contribution in [2.75, 3.05) is 11.1 Å². The van der Waals surface area contributed by atoms with E-state index in [1.165, 1.54) is 32.1 Å². The van der Waals surface area contributed by atoms with Gasteiger partial charge in [-0.05, 0) is 24.3 Å². The molecule has 5 heteroatoms. The second kappa shape index (κ2) is 4.49. The van der Waals surface area contributed by atoms with E-state index in [1.807, 2.05) is 5.38 Å². The highest BCUT2D eigenvalue weighted by atomic mass is 32.1. The van der Waals surface area contributed by atoms with E-state index < -0.39 is 0 Å². The van der Waals surface area contributed by atoms with Crippen molar-refractivity contribution in [2.24, 2.45) is 0 Å². The van der Waals surface area contributed by atoms with Crippen LogP contribution in [0.3, 0.4) is 0 Å². The number of nitrogens with one attached hydrogen (secondary N) is 1. The maximum Gasteiger partial charge on any atom is 0.223 e. The molecule has 3 rings (SSSR count). The van der Waals surface area contributed by atoms with E-state index in [1.54, 1.807) is 11.3 Å². The highest BCUT2D eigenvalue weighted by Crippen LogP contribution is 2.28. The topological polar surface area (TPSA) is 63.8 Å².